The van der Waals surface area contributed by atoms with Crippen LogP contribution in [-0.2, 0) is 32.3 Å². The first-order chi connectivity index (χ1) is 34.1. The fraction of sp³-hybridized carbons (Fsp3) is 0.265. The van der Waals surface area contributed by atoms with Crippen LogP contribution in [0.1, 0.15) is 58.1 Å². The first-order valence-electron chi connectivity index (χ1n) is 22.8. The van der Waals surface area contributed by atoms with Crippen LogP contribution in [0.25, 0.3) is 67.1 Å². The van der Waals surface area contributed by atoms with Crippen LogP contribution in [0.2, 0.25) is 0 Å². The molecule has 8 heterocycles. The number of nitrogens with one attached hydrogen (secondary N) is 4. The number of fused-ring (bicyclic) bond motifs is 2. The number of pyridine rings is 2. The monoisotopic (exact) mass is 959 g/mol. The zero-order valence-corrected chi connectivity index (χ0v) is 39.9. The van der Waals surface area contributed by atoms with Gasteiger partial charge >= 0.3 is 5.97 Å². The summed E-state index contributed by atoms with van der Waals surface area (Å²) in [7, 11) is 3.42. The van der Waals surface area contributed by atoms with E-state index in [1.807, 2.05) is 62.4 Å². The van der Waals surface area contributed by atoms with Crippen LogP contribution in [0, 0.1) is 11.8 Å². The maximum absolute atomic E-state index is 12.0. The molecule has 3 amide bonds. The smallest absolute Gasteiger partial charge is 0.325 e. The van der Waals surface area contributed by atoms with Crippen molar-refractivity contribution < 1.29 is 24.3 Å². The number of nitrogens with two attached hydrogens (primary N) is 2. The Bertz CT molecular complexity index is 3380. The number of likely N-dealkylation sites (N-methyl/N-ethyl adjacent to an activating group) is 1. The van der Waals surface area contributed by atoms with E-state index in [-0.39, 0.29) is 42.6 Å². The van der Waals surface area contributed by atoms with E-state index in [0.29, 0.717) is 47.3 Å². The van der Waals surface area contributed by atoms with Gasteiger partial charge in [0, 0.05) is 96.9 Å². The van der Waals surface area contributed by atoms with Crippen molar-refractivity contribution >= 4 is 68.8 Å². The van der Waals surface area contributed by atoms with Crippen LogP contribution < -0.4 is 22.3 Å². The van der Waals surface area contributed by atoms with Crippen molar-refractivity contribution in [3.8, 4) is 45.0 Å². The Morgan fingerprint density at radius 2 is 1.10 bits per heavy atom. The Morgan fingerprint density at radius 1 is 0.662 bits per heavy atom. The topological polar surface area (TPSA) is 311 Å². The Kier molecular flexibility index (Phi) is 14.1. The quantitative estimate of drug-likeness (QED) is 0.0898. The average Bonchev–Trinajstić information content (AvgIpc) is 4.16. The number of aromatic amines is 2. The Balaban J connectivity index is 0.000000181. The lowest BCUT2D eigenvalue weighted by molar-refractivity contribution is -0.138. The first-order valence-corrected chi connectivity index (χ1v) is 22.8. The highest BCUT2D eigenvalue weighted by Gasteiger charge is 2.24. The molecule has 0 aliphatic carbocycles. The van der Waals surface area contributed by atoms with E-state index < -0.39 is 5.97 Å². The van der Waals surface area contributed by atoms with Gasteiger partial charge < -0.3 is 31.4 Å². The molecular formula is C49H53N17O5. The molecule has 2 unspecified atom stereocenters. The Morgan fingerprint density at radius 3 is 1.51 bits per heavy atom. The van der Waals surface area contributed by atoms with Gasteiger partial charge in [0.1, 0.15) is 36.4 Å². The first kappa shape index (κ1) is 48.4. The van der Waals surface area contributed by atoms with Gasteiger partial charge in [0.15, 0.2) is 0 Å². The number of carboxylic acids is 1. The number of H-pyrrole nitrogens is 2. The molecule has 71 heavy (non-hydrogen) atoms. The van der Waals surface area contributed by atoms with E-state index in [2.05, 4.69) is 70.0 Å². The minimum Gasteiger partial charge on any atom is -0.480 e. The number of hydrogen-bond acceptors (Lipinski definition) is 14. The summed E-state index contributed by atoms with van der Waals surface area (Å²) in [5, 5.41) is 25.8. The summed E-state index contributed by atoms with van der Waals surface area (Å²) in [6, 6.07) is 15.3. The number of rotatable bonds is 10. The van der Waals surface area contributed by atoms with E-state index >= 15 is 0 Å². The highest BCUT2D eigenvalue weighted by atomic mass is 16.4. The normalized spacial score (nSPS) is 15.4. The van der Waals surface area contributed by atoms with Gasteiger partial charge in [-0.3, -0.25) is 28.5 Å². The molecule has 22 nitrogen and oxygen atoms in total. The van der Waals surface area contributed by atoms with Crippen molar-refractivity contribution in [1.82, 2.24) is 65.2 Å². The summed E-state index contributed by atoms with van der Waals surface area (Å²) >= 11 is 0. The van der Waals surface area contributed by atoms with E-state index in [1.165, 1.54) is 16.0 Å². The standard InChI is InChI=1S/C24H25N9O2.C22H20N8O3.C3H8/c1-13-6-20(34)30-31-22(13)14-4-5-18-19(8-14)29-24(28-18)17-7-15(9-26-23(17)25)16-10-27-33(11-16)12-21(35)32(2)3;1-11-4-18(31)28-29-20(11)12-2-3-16-17(6-12)27-22(26-16)15-5-13(7-24-21(15)23)14-8-25-30(9-14)10-19(32)33;1-3-2/h4-5,7-11,13H,6,12H2,1-3H3,(H2,25,26)(H,28,29)(H,30,34);2-3,5-9,11H,4,10H2,1H3,(H2,23,24)(H,26,27)(H,28,31)(H,32,33);3H2,1-2H3. The van der Waals surface area contributed by atoms with E-state index in [4.69, 9.17) is 21.6 Å². The molecule has 364 valence electrons. The molecule has 0 spiro atoms. The molecule has 2 atom stereocenters. The number of carbonyl (C=O) groups is 4. The Labute approximate surface area is 406 Å². The number of hydrazone groups is 2. The highest BCUT2D eigenvalue weighted by Crippen LogP contribution is 2.32. The third-order valence-corrected chi connectivity index (χ3v) is 11.4. The molecular weight excluding hydrogens is 907 g/mol. The van der Waals surface area contributed by atoms with Crippen molar-refractivity contribution in [2.75, 3.05) is 25.6 Å². The number of imidazole rings is 2. The summed E-state index contributed by atoms with van der Waals surface area (Å²) in [5.74, 6) is 0.638. The summed E-state index contributed by atoms with van der Waals surface area (Å²) in [4.78, 5) is 72.2. The van der Waals surface area contributed by atoms with Crippen molar-refractivity contribution in [2.45, 2.75) is 60.0 Å². The number of carbonyl (C=O) groups excluding carboxylic acids is 3. The molecule has 2 aromatic carbocycles. The predicted octanol–water partition coefficient (Wildman–Crippen LogP) is 5.45. The largest absolute Gasteiger partial charge is 0.480 e. The van der Waals surface area contributed by atoms with Crippen LogP contribution in [0.15, 0.2) is 95.9 Å². The second-order valence-electron chi connectivity index (χ2n) is 17.5. The number of amides is 3. The van der Waals surface area contributed by atoms with Crippen LogP contribution in [0.3, 0.4) is 0 Å². The van der Waals surface area contributed by atoms with Crippen LogP contribution in [-0.4, -0.2) is 109 Å². The molecule has 0 radical (unpaired) electrons. The molecule has 2 aliphatic heterocycles. The SMILES string of the molecule is CC1CC(=O)NN=C1c1ccc2nc(-c3cc(-c4cnn(CC(=O)N(C)C)c4)cnc3N)[nH]c2c1.CC1CC(=O)NN=C1c1ccc2nc(-c3cc(-c4cnn(CC(=O)O)c4)cnc3N)[nH]c2c1.CCC. The fourth-order valence-electron chi connectivity index (χ4n) is 7.86. The maximum Gasteiger partial charge on any atom is 0.325 e. The third-order valence-electron chi connectivity index (χ3n) is 11.4. The number of nitrogens with zero attached hydrogens (tertiary/aromatic N) is 11. The van der Waals surface area contributed by atoms with E-state index in [9.17, 15) is 19.2 Å². The number of benzene rings is 2. The summed E-state index contributed by atoms with van der Waals surface area (Å²) in [6.07, 6.45) is 12.0. The third kappa shape index (κ3) is 11.0. The van der Waals surface area contributed by atoms with Crippen molar-refractivity contribution in [1.29, 1.82) is 0 Å². The lowest BCUT2D eigenvalue weighted by Gasteiger charge is -2.19. The molecule has 2 aliphatic rings. The van der Waals surface area contributed by atoms with Gasteiger partial charge in [0.25, 0.3) is 0 Å². The minimum absolute atomic E-state index is 0.0113. The fourth-order valence-corrected chi connectivity index (χ4v) is 7.86. The minimum atomic E-state index is -0.974. The number of aromatic nitrogens is 10. The molecule has 22 heteroatoms. The second-order valence-corrected chi connectivity index (χ2v) is 17.5. The molecule has 0 saturated carbocycles. The molecule has 8 aromatic rings. The van der Waals surface area contributed by atoms with Crippen molar-refractivity contribution in [3.05, 3.63) is 96.8 Å². The lowest BCUT2D eigenvalue weighted by Crippen LogP contribution is -2.31. The summed E-state index contributed by atoms with van der Waals surface area (Å²) in [6.45, 7) is 8.13. The van der Waals surface area contributed by atoms with Crippen LogP contribution >= 0.6 is 0 Å². The van der Waals surface area contributed by atoms with Gasteiger partial charge in [0.05, 0.1) is 57.0 Å². The van der Waals surface area contributed by atoms with Gasteiger partial charge in [0.2, 0.25) is 17.7 Å². The average molecular weight is 960 g/mol. The van der Waals surface area contributed by atoms with Gasteiger partial charge in [-0.2, -0.15) is 20.4 Å². The van der Waals surface area contributed by atoms with Crippen LogP contribution in [0.5, 0.6) is 0 Å². The van der Waals surface area contributed by atoms with Crippen molar-refractivity contribution in [2.24, 2.45) is 22.0 Å². The molecule has 6 aromatic heterocycles. The second kappa shape index (κ2) is 20.6. The van der Waals surface area contributed by atoms with Crippen LogP contribution in [0.4, 0.5) is 11.6 Å². The zero-order chi connectivity index (χ0) is 50.5. The lowest BCUT2D eigenvalue weighted by atomic mass is 9.94. The number of nitrogen functional groups attached to an aromatic ring is 2. The number of anilines is 2. The molecule has 0 saturated heterocycles. The summed E-state index contributed by atoms with van der Waals surface area (Å²) in [5.41, 5.74) is 28.4. The Hall–Kier alpha value is -9.08. The molecule has 0 bridgehead atoms. The van der Waals surface area contributed by atoms with Gasteiger partial charge in [-0.05, 0) is 36.4 Å². The summed E-state index contributed by atoms with van der Waals surface area (Å²) < 4.78 is 2.93. The number of aliphatic carboxylic acids is 1. The van der Waals surface area contributed by atoms with E-state index in [1.54, 1.807) is 56.0 Å². The maximum atomic E-state index is 12.0. The number of carboxylic acid groups (broad SMARTS) is 1. The van der Waals surface area contributed by atoms with Gasteiger partial charge in [-0.25, -0.2) is 30.8 Å². The predicted molar refractivity (Wildman–Crippen MR) is 269 cm³/mol. The van der Waals surface area contributed by atoms with E-state index in [0.717, 1.165) is 66.9 Å². The molecule has 10 rings (SSSR count). The highest BCUT2D eigenvalue weighted by molar-refractivity contribution is 6.08. The van der Waals surface area contributed by atoms with Crippen molar-refractivity contribution in [3.63, 3.8) is 0 Å². The zero-order valence-electron chi connectivity index (χ0n) is 39.9. The molecule has 9 N–H and O–H groups in total. The molecule has 0 fully saturated rings. The van der Waals surface area contributed by atoms with Gasteiger partial charge in [-0.1, -0.05) is 46.2 Å². The number of hydrogen-bond donors (Lipinski definition) is 7. The van der Waals surface area contributed by atoms with Gasteiger partial charge in [-0.15, -0.1) is 0 Å².